The molecular weight excluding hydrogens is 276 g/mol. The standard InChI is InChI=1S/C14H26N2O3S/c1-3-8-15(11-12-4-5-12)14(17)13-6-9-16(10-7-13)20(2,18)19/h12-13H,3-11H2,1-2H3. The fourth-order valence-corrected chi connectivity index (χ4v) is 3.74. The van der Waals surface area contributed by atoms with Crippen LogP contribution in [0.4, 0.5) is 0 Å². The van der Waals surface area contributed by atoms with Crippen LogP contribution in [0.3, 0.4) is 0 Å². The topological polar surface area (TPSA) is 57.7 Å². The molecule has 5 nitrogen and oxygen atoms in total. The predicted octanol–water partition coefficient (Wildman–Crippen LogP) is 1.31. The molecule has 2 fully saturated rings. The van der Waals surface area contributed by atoms with Crippen LogP contribution < -0.4 is 0 Å². The zero-order valence-corrected chi connectivity index (χ0v) is 13.4. The number of sulfonamides is 1. The summed E-state index contributed by atoms with van der Waals surface area (Å²) in [6, 6.07) is 0. The van der Waals surface area contributed by atoms with Gasteiger partial charge in [-0.1, -0.05) is 6.92 Å². The minimum atomic E-state index is -3.11. The highest BCUT2D eigenvalue weighted by Gasteiger charge is 2.33. The maximum Gasteiger partial charge on any atom is 0.225 e. The van der Waals surface area contributed by atoms with Crippen LogP contribution in [-0.4, -0.2) is 56.0 Å². The van der Waals surface area contributed by atoms with Gasteiger partial charge in [0.05, 0.1) is 6.26 Å². The molecule has 0 radical (unpaired) electrons. The highest BCUT2D eigenvalue weighted by molar-refractivity contribution is 7.88. The van der Waals surface area contributed by atoms with E-state index in [1.54, 1.807) is 0 Å². The largest absolute Gasteiger partial charge is 0.342 e. The lowest BCUT2D eigenvalue weighted by atomic mass is 9.96. The second kappa shape index (κ2) is 6.43. The van der Waals surface area contributed by atoms with E-state index in [9.17, 15) is 13.2 Å². The van der Waals surface area contributed by atoms with Crippen molar-refractivity contribution in [2.24, 2.45) is 11.8 Å². The lowest BCUT2D eigenvalue weighted by molar-refractivity contribution is -0.137. The zero-order chi connectivity index (χ0) is 14.8. The van der Waals surface area contributed by atoms with Crippen molar-refractivity contribution in [3.05, 3.63) is 0 Å². The first-order valence-corrected chi connectivity index (χ1v) is 9.50. The molecule has 1 aliphatic heterocycles. The van der Waals surface area contributed by atoms with Crippen molar-refractivity contribution in [3.63, 3.8) is 0 Å². The van der Waals surface area contributed by atoms with E-state index in [0.29, 0.717) is 31.8 Å². The second-order valence-electron chi connectivity index (χ2n) is 6.16. The molecule has 116 valence electrons. The van der Waals surface area contributed by atoms with Gasteiger partial charge in [0.15, 0.2) is 0 Å². The molecule has 2 aliphatic rings. The summed E-state index contributed by atoms with van der Waals surface area (Å²) in [5.41, 5.74) is 0. The first kappa shape index (κ1) is 15.8. The molecule has 0 aromatic carbocycles. The number of hydrogen-bond acceptors (Lipinski definition) is 3. The first-order valence-electron chi connectivity index (χ1n) is 7.65. The van der Waals surface area contributed by atoms with Crippen molar-refractivity contribution in [1.82, 2.24) is 9.21 Å². The van der Waals surface area contributed by atoms with Crippen molar-refractivity contribution in [2.45, 2.75) is 39.0 Å². The van der Waals surface area contributed by atoms with Crippen molar-refractivity contribution in [1.29, 1.82) is 0 Å². The van der Waals surface area contributed by atoms with Crippen LogP contribution in [0.5, 0.6) is 0 Å². The molecule has 0 aromatic rings. The summed E-state index contributed by atoms with van der Waals surface area (Å²) >= 11 is 0. The van der Waals surface area contributed by atoms with Crippen LogP contribution in [0.25, 0.3) is 0 Å². The van der Waals surface area contributed by atoms with Gasteiger partial charge >= 0.3 is 0 Å². The molecule has 2 rings (SSSR count). The highest BCUT2D eigenvalue weighted by Crippen LogP contribution is 2.31. The Morgan fingerprint density at radius 2 is 1.80 bits per heavy atom. The van der Waals surface area contributed by atoms with Crippen LogP contribution in [0.1, 0.15) is 39.0 Å². The predicted molar refractivity (Wildman–Crippen MR) is 78.7 cm³/mol. The van der Waals surface area contributed by atoms with Crippen molar-refractivity contribution >= 4 is 15.9 Å². The lowest BCUT2D eigenvalue weighted by Crippen LogP contribution is -2.44. The number of amides is 1. The number of piperidine rings is 1. The van der Waals surface area contributed by atoms with Gasteiger partial charge in [-0.2, -0.15) is 0 Å². The first-order chi connectivity index (χ1) is 9.41. The van der Waals surface area contributed by atoms with E-state index >= 15 is 0 Å². The van der Waals surface area contributed by atoms with Gasteiger partial charge in [-0.15, -0.1) is 0 Å². The van der Waals surface area contributed by atoms with E-state index in [0.717, 1.165) is 19.5 Å². The van der Waals surface area contributed by atoms with E-state index in [-0.39, 0.29) is 11.8 Å². The molecule has 1 amide bonds. The Morgan fingerprint density at radius 3 is 2.25 bits per heavy atom. The molecule has 20 heavy (non-hydrogen) atoms. The number of nitrogens with zero attached hydrogens (tertiary/aromatic N) is 2. The average molecular weight is 302 g/mol. The Kier molecular flexibility index (Phi) is 5.07. The van der Waals surface area contributed by atoms with E-state index < -0.39 is 10.0 Å². The SMILES string of the molecule is CCCN(CC1CC1)C(=O)C1CCN(S(C)(=O)=O)CC1. The molecule has 0 atom stereocenters. The molecule has 1 saturated carbocycles. The van der Waals surface area contributed by atoms with Crippen LogP contribution in [0.2, 0.25) is 0 Å². The minimum Gasteiger partial charge on any atom is -0.342 e. The molecule has 6 heteroatoms. The lowest BCUT2D eigenvalue weighted by Gasteiger charge is -2.33. The van der Waals surface area contributed by atoms with Crippen molar-refractivity contribution in [2.75, 3.05) is 32.4 Å². The Labute approximate surface area is 122 Å². The smallest absolute Gasteiger partial charge is 0.225 e. The third-order valence-corrected chi connectivity index (χ3v) is 5.56. The van der Waals surface area contributed by atoms with Gasteiger partial charge in [0, 0.05) is 32.1 Å². The number of rotatable bonds is 6. The zero-order valence-electron chi connectivity index (χ0n) is 12.5. The maximum atomic E-state index is 12.6. The molecule has 0 N–H and O–H groups in total. The van der Waals surface area contributed by atoms with E-state index in [2.05, 4.69) is 6.92 Å². The second-order valence-corrected chi connectivity index (χ2v) is 8.15. The summed E-state index contributed by atoms with van der Waals surface area (Å²) < 4.78 is 24.5. The summed E-state index contributed by atoms with van der Waals surface area (Å²) in [5, 5.41) is 0. The maximum absolute atomic E-state index is 12.6. The van der Waals surface area contributed by atoms with Crippen molar-refractivity contribution < 1.29 is 13.2 Å². The highest BCUT2D eigenvalue weighted by atomic mass is 32.2. The molecule has 0 bridgehead atoms. The van der Waals surface area contributed by atoms with Gasteiger partial charge in [0.25, 0.3) is 0 Å². The normalized spacial score (nSPS) is 21.9. The third kappa shape index (κ3) is 4.19. The van der Waals surface area contributed by atoms with Crippen molar-refractivity contribution in [3.8, 4) is 0 Å². The number of hydrogen-bond donors (Lipinski definition) is 0. The molecule has 0 aromatic heterocycles. The summed E-state index contributed by atoms with van der Waals surface area (Å²) in [5.74, 6) is 0.965. The van der Waals surface area contributed by atoms with E-state index in [1.807, 2.05) is 4.90 Å². The summed E-state index contributed by atoms with van der Waals surface area (Å²) in [6.07, 6.45) is 6.06. The molecule has 1 heterocycles. The fourth-order valence-electron chi connectivity index (χ4n) is 2.87. The Bertz CT molecular complexity index is 437. The molecule has 1 saturated heterocycles. The van der Waals surface area contributed by atoms with Crippen LogP contribution in [0, 0.1) is 11.8 Å². The van der Waals surface area contributed by atoms with Crippen LogP contribution in [0.15, 0.2) is 0 Å². The summed E-state index contributed by atoms with van der Waals surface area (Å²) in [4.78, 5) is 14.6. The Balaban J connectivity index is 1.88. The summed E-state index contributed by atoms with van der Waals surface area (Å²) in [7, 11) is -3.11. The number of carbonyl (C=O) groups excluding carboxylic acids is 1. The van der Waals surface area contributed by atoms with E-state index in [1.165, 1.54) is 23.4 Å². The van der Waals surface area contributed by atoms with Crippen LogP contribution in [-0.2, 0) is 14.8 Å². The monoisotopic (exact) mass is 302 g/mol. The Morgan fingerprint density at radius 1 is 1.20 bits per heavy atom. The van der Waals surface area contributed by atoms with Gasteiger partial charge < -0.3 is 4.90 Å². The minimum absolute atomic E-state index is 0.0123. The average Bonchev–Trinajstić information content (AvgIpc) is 3.20. The Hall–Kier alpha value is -0.620. The third-order valence-electron chi connectivity index (χ3n) is 4.25. The molecule has 0 spiro atoms. The van der Waals surface area contributed by atoms with Gasteiger partial charge in [-0.05, 0) is 38.0 Å². The van der Waals surface area contributed by atoms with Gasteiger partial charge in [0.1, 0.15) is 0 Å². The number of carbonyl (C=O) groups is 1. The quantitative estimate of drug-likeness (QED) is 0.743. The molecule has 0 unspecified atom stereocenters. The van der Waals surface area contributed by atoms with Gasteiger partial charge in [-0.25, -0.2) is 12.7 Å². The summed E-state index contributed by atoms with van der Waals surface area (Å²) in [6.45, 7) is 4.80. The van der Waals surface area contributed by atoms with Crippen LogP contribution >= 0.6 is 0 Å². The molecular formula is C14H26N2O3S. The molecule has 1 aliphatic carbocycles. The van der Waals surface area contributed by atoms with Gasteiger partial charge in [0.2, 0.25) is 15.9 Å². The van der Waals surface area contributed by atoms with Gasteiger partial charge in [-0.3, -0.25) is 4.79 Å². The fraction of sp³-hybridized carbons (Fsp3) is 0.929. The van der Waals surface area contributed by atoms with E-state index in [4.69, 9.17) is 0 Å².